The zero-order chi connectivity index (χ0) is 13.8. The van der Waals surface area contributed by atoms with Crippen LogP contribution >= 0.6 is 0 Å². The Labute approximate surface area is 107 Å². The van der Waals surface area contributed by atoms with Crippen LogP contribution in [0.1, 0.15) is 20.3 Å². The molecule has 6 heteroatoms. The summed E-state index contributed by atoms with van der Waals surface area (Å²) in [4.78, 5) is 0. The first-order chi connectivity index (χ1) is 8.47. The molecule has 0 aliphatic carbocycles. The van der Waals surface area contributed by atoms with Crippen molar-refractivity contribution in [2.24, 2.45) is 0 Å². The molecule has 1 atom stereocenters. The van der Waals surface area contributed by atoms with Crippen LogP contribution in [0.5, 0.6) is 5.75 Å². The summed E-state index contributed by atoms with van der Waals surface area (Å²) in [6.07, 6.45) is 0.230. The Morgan fingerprint density at radius 1 is 1.44 bits per heavy atom. The van der Waals surface area contributed by atoms with Crippen LogP contribution in [-0.2, 0) is 10.0 Å². The molecular weight excluding hydrogens is 252 g/mol. The highest BCUT2D eigenvalue weighted by molar-refractivity contribution is 7.93. The van der Waals surface area contributed by atoms with E-state index in [4.69, 9.17) is 5.26 Å². The van der Waals surface area contributed by atoms with Crippen LogP contribution in [0, 0.1) is 11.3 Å². The van der Waals surface area contributed by atoms with Crippen molar-refractivity contribution in [3.8, 4) is 11.8 Å². The summed E-state index contributed by atoms with van der Waals surface area (Å²) in [5, 5.41) is 17.2. The number of benzene rings is 1. The van der Waals surface area contributed by atoms with Gasteiger partial charge in [-0.2, -0.15) is 5.26 Å². The molecule has 1 rings (SSSR count). The van der Waals surface area contributed by atoms with E-state index in [0.29, 0.717) is 5.69 Å². The molecule has 1 aromatic carbocycles. The lowest BCUT2D eigenvalue weighted by atomic mass is 10.3. The van der Waals surface area contributed by atoms with Crippen molar-refractivity contribution in [2.45, 2.75) is 25.5 Å². The Balaban J connectivity index is 3.23. The van der Waals surface area contributed by atoms with Gasteiger partial charge in [0.2, 0.25) is 0 Å². The van der Waals surface area contributed by atoms with Gasteiger partial charge in [0.1, 0.15) is 5.75 Å². The Bertz CT molecular complexity index is 549. The number of rotatable bonds is 5. The SMILES string of the molecule is CCC(C#N)S(=O)(=O)N(CC)c1cccc(O)c1. The second-order valence-electron chi connectivity index (χ2n) is 3.76. The maximum absolute atomic E-state index is 12.3. The van der Waals surface area contributed by atoms with Gasteiger partial charge in [0.15, 0.2) is 5.25 Å². The van der Waals surface area contributed by atoms with Gasteiger partial charge in [-0.3, -0.25) is 4.31 Å². The zero-order valence-electron chi connectivity index (χ0n) is 10.4. The minimum atomic E-state index is -3.72. The number of hydrogen-bond acceptors (Lipinski definition) is 4. The van der Waals surface area contributed by atoms with Gasteiger partial charge in [-0.1, -0.05) is 13.0 Å². The number of sulfonamides is 1. The van der Waals surface area contributed by atoms with Gasteiger partial charge in [0.05, 0.1) is 11.8 Å². The van der Waals surface area contributed by atoms with E-state index < -0.39 is 15.3 Å². The van der Waals surface area contributed by atoms with Crippen LogP contribution in [-0.4, -0.2) is 25.3 Å². The molecule has 0 fully saturated rings. The van der Waals surface area contributed by atoms with Gasteiger partial charge < -0.3 is 5.11 Å². The molecule has 0 saturated heterocycles. The summed E-state index contributed by atoms with van der Waals surface area (Å²) in [7, 11) is -3.72. The van der Waals surface area contributed by atoms with Gasteiger partial charge in [-0.25, -0.2) is 8.42 Å². The van der Waals surface area contributed by atoms with Crippen LogP contribution < -0.4 is 4.31 Å². The molecule has 1 unspecified atom stereocenters. The van der Waals surface area contributed by atoms with Crippen LogP contribution in [0.4, 0.5) is 5.69 Å². The molecular formula is C12H16N2O3S. The summed E-state index contributed by atoms with van der Waals surface area (Å²) < 4.78 is 25.7. The van der Waals surface area contributed by atoms with Crippen molar-refractivity contribution in [2.75, 3.05) is 10.8 Å². The zero-order valence-corrected chi connectivity index (χ0v) is 11.2. The van der Waals surface area contributed by atoms with Gasteiger partial charge in [-0.05, 0) is 25.5 Å². The largest absolute Gasteiger partial charge is 0.508 e. The third kappa shape index (κ3) is 2.74. The smallest absolute Gasteiger partial charge is 0.251 e. The molecule has 0 radical (unpaired) electrons. The molecule has 0 spiro atoms. The van der Waals surface area contributed by atoms with Crippen molar-refractivity contribution in [1.82, 2.24) is 0 Å². The number of hydrogen-bond donors (Lipinski definition) is 1. The molecule has 1 N–H and O–H groups in total. The number of phenolic OH excluding ortho intramolecular Hbond substituents is 1. The van der Waals surface area contributed by atoms with Crippen molar-refractivity contribution < 1.29 is 13.5 Å². The fraction of sp³-hybridized carbons (Fsp3) is 0.417. The van der Waals surface area contributed by atoms with Crippen molar-refractivity contribution in [1.29, 1.82) is 5.26 Å². The number of nitrogens with zero attached hydrogens (tertiary/aromatic N) is 2. The monoisotopic (exact) mass is 268 g/mol. The highest BCUT2D eigenvalue weighted by atomic mass is 32.2. The van der Waals surface area contributed by atoms with Gasteiger partial charge in [0, 0.05) is 12.6 Å². The van der Waals surface area contributed by atoms with Crippen molar-refractivity contribution >= 4 is 15.7 Å². The van der Waals surface area contributed by atoms with E-state index in [-0.39, 0.29) is 18.7 Å². The third-order valence-electron chi connectivity index (χ3n) is 2.59. The average molecular weight is 268 g/mol. The quantitative estimate of drug-likeness (QED) is 0.883. The highest BCUT2D eigenvalue weighted by Gasteiger charge is 2.30. The van der Waals surface area contributed by atoms with E-state index in [1.54, 1.807) is 32.0 Å². The third-order valence-corrected chi connectivity index (χ3v) is 4.83. The molecule has 98 valence electrons. The fourth-order valence-electron chi connectivity index (χ4n) is 1.68. The Morgan fingerprint density at radius 3 is 2.56 bits per heavy atom. The van der Waals surface area contributed by atoms with Gasteiger partial charge >= 0.3 is 0 Å². The maximum Gasteiger partial charge on any atom is 0.251 e. The standard InChI is InChI=1S/C12H16N2O3S/c1-3-12(9-13)18(16,17)14(4-2)10-6-5-7-11(15)8-10/h5-8,12,15H,3-4H2,1-2H3. The molecule has 0 aliphatic heterocycles. The minimum absolute atomic E-state index is 0.00819. The lowest BCUT2D eigenvalue weighted by molar-refractivity contribution is 0.475. The molecule has 0 heterocycles. The average Bonchev–Trinajstić information content (AvgIpc) is 2.30. The minimum Gasteiger partial charge on any atom is -0.508 e. The first-order valence-corrected chi connectivity index (χ1v) is 7.17. The fourth-order valence-corrected chi connectivity index (χ4v) is 3.31. The molecule has 0 aromatic heterocycles. The topological polar surface area (TPSA) is 81.4 Å². The summed E-state index contributed by atoms with van der Waals surface area (Å²) in [5.41, 5.74) is 0.367. The van der Waals surface area contributed by atoms with Crippen molar-refractivity contribution in [3.63, 3.8) is 0 Å². The molecule has 5 nitrogen and oxygen atoms in total. The van der Waals surface area contributed by atoms with Crippen LogP contribution in [0.15, 0.2) is 24.3 Å². The lowest BCUT2D eigenvalue weighted by Gasteiger charge is -2.25. The molecule has 0 amide bonds. The number of phenols is 1. The van der Waals surface area contributed by atoms with E-state index in [1.165, 1.54) is 12.1 Å². The van der Waals surface area contributed by atoms with E-state index >= 15 is 0 Å². The summed E-state index contributed by atoms with van der Waals surface area (Å²) >= 11 is 0. The first kappa shape index (κ1) is 14.3. The van der Waals surface area contributed by atoms with Crippen LogP contribution in [0.25, 0.3) is 0 Å². The Hall–Kier alpha value is -1.74. The Kier molecular flexibility index (Phi) is 4.56. The number of nitriles is 1. The second-order valence-corrected chi connectivity index (χ2v) is 5.80. The molecule has 0 bridgehead atoms. The van der Waals surface area contributed by atoms with Gasteiger partial charge in [0.25, 0.3) is 10.0 Å². The summed E-state index contributed by atoms with van der Waals surface area (Å²) in [6.45, 7) is 3.55. The second kappa shape index (κ2) is 5.74. The highest BCUT2D eigenvalue weighted by Crippen LogP contribution is 2.24. The van der Waals surface area contributed by atoms with Crippen LogP contribution in [0.2, 0.25) is 0 Å². The van der Waals surface area contributed by atoms with Crippen LogP contribution in [0.3, 0.4) is 0 Å². The van der Waals surface area contributed by atoms with E-state index in [2.05, 4.69) is 0 Å². The summed E-state index contributed by atoms with van der Waals surface area (Å²) in [6, 6.07) is 7.78. The summed E-state index contributed by atoms with van der Waals surface area (Å²) in [5.74, 6) is -0.00819. The molecule has 1 aromatic rings. The maximum atomic E-state index is 12.3. The molecule has 0 saturated carbocycles. The Morgan fingerprint density at radius 2 is 2.11 bits per heavy atom. The predicted molar refractivity (Wildman–Crippen MR) is 69.7 cm³/mol. The lowest BCUT2D eigenvalue weighted by Crippen LogP contribution is -2.38. The molecule has 0 aliphatic rings. The first-order valence-electron chi connectivity index (χ1n) is 5.67. The predicted octanol–water partition coefficient (Wildman–Crippen LogP) is 1.85. The van der Waals surface area contributed by atoms with E-state index in [1.807, 2.05) is 0 Å². The van der Waals surface area contributed by atoms with E-state index in [0.717, 1.165) is 4.31 Å². The number of aromatic hydroxyl groups is 1. The normalized spacial score (nSPS) is 12.7. The number of anilines is 1. The molecule has 18 heavy (non-hydrogen) atoms. The van der Waals surface area contributed by atoms with Gasteiger partial charge in [-0.15, -0.1) is 0 Å². The van der Waals surface area contributed by atoms with Crippen molar-refractivity contribution in [3.05, 3.63) is 24.3 Å². The van der Waals surface area contributed by atoms with E-state index in [9.17, 15) is 13.5 Å².